The number of aliphatic hydroxyl groups excluding tert-OH is 1. The minimum absolute atomic E-state index is 0.160. The SMILES string of the molecule is OC1COCC1Br. The van der Waals surface area contributed by atoms with E-state index in [1.54, 1.807) is 0 Å². The van der Waals surface area contributed by atoms with E-state index in [1.807, 2.05) is 0 Å². The van der Waals surface area contributed by atoms with Crippen molar-refractivity contribution in [1.29, 1.82) is 0 Å². The van der Waals surface area contributed by atoms with Gasteiger partial charge in [0.25, 0.3) is 0 Å². The van der Waals surface area contributed by atoms with Gasteiger partial charge in [-0.2, -0.15) is 0 Å². The molecule has 1 saturated heterocycles. The van der Waals surface area contributed by atoms with Crippen LogP contribution in [0.15, 0.2) is 0 Å². The van der Waals surface area contributed by atoms with Crippen LogP contribution < -0.4 is 0 Å². The molecule has 0 aromatic rings. The molecule has 1 fully saturated rings. The lowest BCUT2D eigenvalue weighted by atomic mass is 10.3. The van der Waals surface area contributed by atoms with E-state index in [1.165, 1.54) is 0 Å². The maximum absolute atomic E-state index is 8.83. The summed E-state index contributed by atoms with van der Waals surface area (Å²) in [6.07, 6.45) is -0.292. The lowest BCUT2D eigenvalue weighted by molar-refractivity contribution is 0.127. The van der Waals surface area contributed by atoms with Crippen LogP contribution in [0.5, 0.6) is 0 Å². The van der Waals surface area contributed by atoms with Crippen molar-refractivity contribution < 1.29 is 9.84 Å². The molecule has 0 saturated carbocycles. The summed E-state index contributed by atoms with van der Waals surface area (Å²) in [4.78, 5) is 0.160. The molecule has 1 heterocycles. The number of rotatable bonds is 0. The summed E-state index contributed by atoms with van der Waals surface area (Å²) in [5, 5.41) is 8.83. The van der Waals surface area contributed by atoms with Crippen LogP contribution in [-0.4, -0.2) is 29.3 Å². The van der Waals surface area contributed by atoms with E-state index in [4.69, 9.17) is 9.84 Å². The highest BCUT2D eigenvalue weighted by atomic mass is 79.9. The Morgan fingerprint density at radius 3 is 2.43 bits per heavy atom. The van der Waals surface area contributed by atoms with Crippen molar-refractivity contribution in [3.05, 3.63) is 0 Å². The Bertz CT molecular complexity index is 58.7. The molecular formula is C4H7BrO2. The Labute approximate surface area is 50.6 Å². The molecule has 0 aromatic carbocycles. The molecule has 7 heavy (non-hydrogen) atoms. The summed E-state index contributed by atoms with van der Waals surface area (Å²) < 4.78 is 4.87. The van der Waals surface area contributed by atoms with Gasteiger partial charge in [-0.1, -0.05) is 15.9 Å². The van der Waals surface area contributed by atoms with Gasteiger partial charge >= 0.3 is 0 Å². The van der Waals surface area contributed by atoms with Crippen molar-refractivity contribution >= 4 is 15.9 Å². The molecule has 0 aromatic heterocycles. The molecule has 1 rings (SSSR count). The zero-order valence-corrected chi connectivity index (χ0v) is 5.39. The lowest BCUT2D eigenvalue weighted by Crippen LogP contribution is -2.16. The molecule has 42 valence electrons. The fourth-order valence-corrected chi connectivity index (χ4v) is 0.856. The first-order valence-corrected chi connectivity index (χ1v) is 3.12. The van der Waals surface area contributed by atoms with Crippen molar-refractivity contribution in [2.75, 3.05) is 13.2 Å². The highest BCUT2D eigenvalue weighted by molar-refractivity contribution is 9.09. The quantitative estimate of drug-likeness (QED) is 0.520. The van der Waals surface area contributed by atoms with Crippen molar-refractivity contribution in [3.63, 3.8) is 0 Å². The second-order valence-corrected chi connectivity index (χ2v) is 2.80. The zero-order valence-electron chi connectivity index (χ0n) is 3.80. The van der Waals surface area contributed by atoms with Crippen LogP contribution in [-0.2, 0) is 4.74 Å². The first kappa shape index (κ1) is 5.54. The Kier molecular flexibility index (Phi) is 1.67. The number of ether oxygens (including phenoxy) is 1. The largest absolute Gasteiger partial charge is 0.389 e. The number of hydrogen-bond donors (Lipinski definition) is 1. The first-order chi connectivity index (χ1) is 3.30. The highest BCUT2D eigenvalue weighted by Crippen LogP contribution is 2.12. The highest BCUT2D eigenvalue weighted by Gasteiger charge is 2.22. The van der Waals surface area contributed by atoms with Crippen LogP contribution in [0.1, 0.15) is 0 Å². The summed E-state index contributed by atoms with van der Waals surface area (Å²) in [5.74, 6) is 0. The molecule has 3 heteroatoms. The van der Waals surface area contributed by atoms with Crippen molar-refractivity contribution in [2.24, 2.45) is 0 Å². The predicted octanol–water partition coefficient (Wildman–Crippen LogP) is 0.141. The third kappa shape index (κ3) is 1.15. The second-order valence-electron chi connectivity index (χ2n) is 1.62. The van der Waals surface area contributed by atoms with E-state index in [2.05, 4.69) is 15.9 Å². The fraction of sp³-hybridized carbons (Fsp3) is 1.00. The first-order valence-electron chi connectivity index (χ1n) is 2.20. The van der Waals surface area contributed by atoms with E-state index in [0.29, 0.717) is 13.2 Å². The predicted molar refractivity (Wildman–Crippen MR) is 29.5 cm³/mol. The van der Waals surface area contributed by atoms with E-state index in [-0.39, 0.29) is 10.9 Å². The normalized spacial score (nSPS) is 42.0. The summed E-state index contributed by atoms with van der Waals surface area (Å²) >= 11 is 3.23. The van der Waals surface area contributed by atoms with Gasteiger partial charge in [-0.05, 0) is 0 Å². The smallest absolute Gasteiger partial charge is 0.0920 e. The number of aliphatic hydroxyl groups is 1. The maximum Gasteiger partial charge on any atom is 0.0920 e. The van der Waals surface area contributed by atoms with Gasteiger partial charge < -0.3 is 9.84 Å². The van der Waals surface area contributed by atoms with Gasteiger partial charge in [0.05, 0.1) is 24.1 Å². The molecular weight excluding hydrogens is 160 g/mol. The lowest BCUT2D eigenvalue weighted by Gasteiger charge is -1.98. The molecule has 2 unspecified atom stereocenters. The van der Waals surface area contributed by atoms with E-state index >= 15 is 0 Å². The Balaban J connectivity index is 2.33. The number of halogens is 1. The van der Waals surface area contributed by atoms with E-state index < -0.39 is 0 Å². The summed E-state index contributed by atoms with van der Waals surface area (Å²) in [6.45, 7) is 1.12. The third-order valence-electron chi connectivity index (χ3n) is 0.983. The molecule has 0 aliphatic carbocycles. The van der Waals surface area contributed by atoms with Gasteiger partial charge in [-0.3, -0.25) is 0 Å². The van der Waals surface area contributed by atoms with Gasteiger partial charge in [0, 0.05) is 0 Å². The standard InChI is InChI=1S/C4H7BrO2/c5-3-1-7-2-4(3)6/h3-4,6H,1-2H2. The molecule has 0 spiro atoms. The van der Waals surface area contributed by atoms with Crippen LogP contribution in [0.2, 0.25) is 0 Å². The molecule has 1 aliphatic rings. The number of hydrogen-bond acceptors (Lipinski definition) is 2. The summed E-state index contributed by atoms with van der Waals surface area (Å²) in [5.41, 5.74) is 0. The average molecular weight is 167 g/mol. The molecule has 0 bridgehead atoms. The number of alkyl halides is 1. The zero-order chi connectivity index (χ0) is 5.28. The molecule has 1 aliphatic heterocycles. The van der Waals surface area contributed by atoms with E-state index in [0.717, 1.165) is 0 Å². The summed E-state index contributed by atoms with van der Waals surface area (Å²) in [6, 6.07) is 0. The van der Waals surface area contributed by atoms with Crippen LogP contribution in [0, 0.1) is 0 Å². The van der Waals surface area contributed by atoms with Crippen molar-refractivity contribution in [3.8, 4) is 0 Å². The van der Waals surface area contributed by atoms with Crippen LogP contribution in [0.4, 0.5) is 0 Å². The van der Waals surface area contributed by atoms with Gasteiger partial charge in [-0.25, -0.2) is 0 Å². The topological polar surface area (TPSA) is 29.5 Å². The summed E-state index contributed by atoms with van der Waals surface area (Å²) in [7, 11) is 0. The average Bonchev–Trinajstić information content (AvgIpc) is 1.91. The molecule has 2 atom stereocenters. The van der Waals surface area contributed by atoms with Crippen LogP contribution in [0.25, 0.3) is 0 Å². The Morgan fingerprint density at radius 2 is 2.29 bits per heavy atom. The van der Waals surface area contributed by atoms with Gasteiger partial charge in [-0.15, -0.1) is 0 Å². The van der Waals surface area contributed by atoms with Crippen molar-refractivity contribution in [2.45, 2.75) is 10.9 Å². The van der Waals surface area contributed by atoms with Gasteiger partial charge in [0.2, 0.25) is 0 Å². The fourth-order valence-electron chi connectivity index (χ4n) is 0.517. The van der Waals surface area contributed by atoms with Crippen LogP contribution in [0.3, 0.4) is 0 Å². The van der Waals surface area contributed by atoms with Gasteiger partial charge in [0.1, 0.15) is 0 Å². The minimum atomic E-state index is -0.292. The van der Waals surface area contributed by atoms with E-state index in [9.17, 15) is 0 Å². The van der Waals surface area contributed by atoms with Gasteiger partial charge in [0.15, 0.2) is 0 Å². The molecule has 0 amide bonds. The Hall–Kier alpha value is 0.400. The molecule has 1 N–H and O–H groups in total. The third-order valence-corrected chi connectivity index (χ3v) is 1.86. The molecule has 0 radical (unpaired) electrons. The molecule has 2 nitrogen and oxygen atoms in total. The maximum atomic E-state index is 8.83. The Morgan fingerprint density at radius 1 is 1.57 bits per heavy atom. The van der Waals surface area contributed by atoms with Crippen LogP contribution >= 0.6 is 15.9 Å². The second kappa shape index (κ2) is 2.11. The minimum Gasteiger partial charge on any atom is -0.389 e. The van der Waals surface area contributed by atoms with Crippen molar-refractivity contribution in [1.82, 2.24) is 0 Å². The monoisotopic (exact) mass is 166 g/mol.